The molecule has 1 unspecified atom stereocenters. The van der Waals surface area contributed by atoms with Gasteiger partial charge in [0.2, 0.25) is 11.4 Å². The Bertz CT molecular complexity index is 1240. The number of sulfone groups is 1. The highest BCUT2D eigenvalue weighted by Crippen LogP contribution is 2.17. The number of aryl methyl sites for hydroxylation is 1. The van der Waals surface area contributed by atoms with E-state index in [1.807, 2.05) is 16.7 Å². The number of aromatic carboxylic acids is 1. The maximum atomic E-state index is 12.5. The fourth-order valence-corrected chi connectivity index (χ4v) is 6.02. The number of carboxylic acid groups (broad SMARTS) is 1. The molecule has 0 amide bonds. The first-order chi connectivity index (χ1) is 15.2. The lowest BCUT2D eigenvalue weighted by Crippen LogP contribution is -2.53. The van der Waals surface area contributed by atoms with E-state index in [4.69, 9.17) is 12.2 Å². The van der Waals surface area contributed by atoms with Gasteiger partial charge in [-0.1, -0.05) is 0 Å². The van der Waals surface area contributed by atoms with Crippen LogP contribution in [0.1, 0.15) is 23.7 Å². The summed E-state index contributed by atoms with van der Waals surface area (Å²) in [5.41, 5.74) is -0.506. The van der Waals surface area contributed by atoms with Crippen LogP contribution in [0.2, 0.25) is 0 Å². The first-order valence-corrected chi connectivity index (χ1v) is 12.6. The van der Waals surface area contributed by atoms with E-state index in [9.17, 15) is 23.1 Å². The summed E-state index contributed by atoms with van der Waals surface area (Å²) in [7, 11) is -2.97. The van der Waals surface area contributed by atoms with E-state index in [-0.39, 0.29) is 28.5 Å². The zero-order chi connectivity index (χ0) is 23.0. The molecule has 0 saturated carbocycles. The molecule has 2 aliphatic rings. The normalized spacial score (nSPS) is 20.5. The molecule has 2 aliphatic heterocycles. The first-order valence-electron chi connectivity index (χ1n) is 10.3. The number of hydrogen-bond acceptors (Lipinski definition) is 8. The van der Waals surface area contributed by atoms with Crippen LogP contribution in [0.3, 0.4) is 0 Å². The lowest BCUT2D eigenvalue weighted by molar-refractivity contribution is 0.0695. The van der Waals surface area contributed by atoms with Crippen molar-refractivity contribution in [2.75, 3.05) is 42.6 Å². The molecule has 0 radical (unpaired) electrons. The molecule has 0 aromatic carbocycles. The highest BCUT2D eigenvalue weighted by molar-refractivity contribution is 7.91. The monoisotopic (exact) mass is 480 g/mol. The fraction of sp³-hybridized carbons (Fsp3) is 0.526. The van der Waals surface area contributed by atoms with Gasteiger partial charge in [-0.2, -0.15) is 4.98 Å². The number of carbonyl (C=O) groups is 1. The van der Waals surface area contributed by atoms with E-state index >= 15 is 0 Å². The minimum atomic E-state index is -2.97. The molecule has 4 rings (SSSR count). The van der Waals surface area contributed by atoms with E-state index in [0.717, 1.165) is 0 Å². The van der Waals surface area contributed by atoms with Crippen molar-refractivity contribution in [3.63, 3.8) is 0 Å². The van der Waals surface area contributed by atoms with Gasteiger partial charge >= 0.3 is 5.97 Å². The van der Waals surface area contributed by atoms with Crippen LogP contribution in [0.4, 0.5) is 5.95 Å². The van der Waals surface area contributed by atoms with Crippen LogP contribution in [-0.2, 0) is 16.4 Å². The molecule has 172 valence electrons. The molecule has 11 nitrogen and oxygen atoms in total. The molecule has 4 heterocycles. The number of fused-ring (bicyclic) bond motifs is 1. The molecular formula is C19H24N6O5S2. The van der Waals surface area contributed by atoms with E-state index < -0.39 is 21.2 Å². The number of hydrogen-bond donors (Lipinski definition) is 2. The SMILES string of the molecule is CCn1cc(C(=O)O)c(=O)c2cnc(N3CCN(C(=S)NC4CCS(=O)(=O)C4)CC3)nc21. The predicted octanol–water partition coefficient (Wildman–Crippen LogP) is -0.307. The van der Waals surface area contributed by atoms with Gasteiger partial charge < -0.3 is 24.8 Å². The smallest absolute Gasteiger partial charge is 0.341 e. The minimum Gasteiger partial charge on any atom is -0.477 e. The molecule has 2 saturated heterocycles. The van der Waals surface area contributed by atoms with E-state index in [1.165, 1.54) is 12.4 Å². The quantitative estimate of drug-likeness (QED) is 0.558. The largest absolute Gasteiger partial charge is 0.477 e. The molecule has 13 heteroatoms. The Morgan fingerprint density at radius 3 is 2.62 bits per heavy atom. The van der Waals surface area contributed by atoms with Crippen molar-refractivity contribution >= 4 is 50.1 Å². The lowest BCUT2D eigenvalue weighted by Gasteiger charge is -2.36. The zero-order valence-electron chi connectivity index (χ0n) is 17.5. The Morgan fingerprint density at radius 1 is 1.31 bits per heavy atom. The average molecular weight is 481 g/mol. The second-order valence-electron chi connectivity index (χ2n) is 7.89. The number of thiocarbonyl (C=S) groups is 1. The molecule has 0 aliphatic carbocycles. The summed E-state index contributed by atoms with van der Waals surface area (Å²) in [6, 6.07) is -0.143. The number of nitrogens with zero attached hydrogens (tertiary/aromatic N) is 5. The summed E-state index contributed by atoms with van der Waals surface area (Å²) in [6.07, 6.45) is 3.27. The van der Waals surface area contributed by atoms with E-state index in [0.29, 0.717) is 55.9 Å². The van der Waals surface area contributed by atoms with Gasteiger partial charge in [-0.3, -0.25) is 4.79 Å². The molecule has 0 spiro atoms. The standard InChI is InChI=1S/C19H24N6O5S2/c1-2-23-10-14(17(27)28)15(26)13-9-20-18(22-16(13)23)24-4-6-25(7-5-24)19(31)21-12-3-8-32(29,30)11-12/h9-10,12H,2-8,11H2,1H3,(H,21,31)(H,27,28). The first kappa shape index (κ1) is 22.4. The summed E-state index contributed by atoms with van der Waals surface area (Å²) in [5.74, 6) is -0.514. The molecule has 2 aromatic rings. The van der Waals surface area contributed by atoms with Crippen molar-refractivity contribution in [1.82, 2.24) is 24.8 Å². The van der Waals surface area contributed by atoms with Gasteiger partial charge in [0.25, 0.3) is 0 Å². The molecule has 0 bridgehead atoms. The Hall–Kier alpha value is -2.80. The van der Waals surface area contributed by atoms with Crippen LogP contribution in [0.15, 0.2) is 17.2 Å². The highest BCUT2D eigenvalue weighted by Gasteiger charge is 2.30. The number of rotatable bonds is 4. The number of pyridine rings is 1. The van der Waals surface area contributed by atoms with Gasteiger partial charge in [0.05, 0.1) is 16.9 Å². The Morgan fingerprint density at radius 2 is 2.03 bits per heavy atom. The zero-order valence-corrected chi connectivity index (χ0v) is 19.2. The van der Waals surface area contributed by atoms with Gasteiger partial charge in [0.1, 0.15) is 11.2 Å². The average Bonchev–Trinajstić information content (AvgIpc) is 3.11. The number of carboxylic acids is 1. The maximum absolute atomic E-state index is 12.5. The third kappa shape index (κ3) is 4.39. The number of piperazine rings is 1. The van der Waals surface area contributed by atoms with Gasteiger partial charge in [-0.15, -0.1) is 0 Å². The van der Waals surface area contributed by atoms with E-state index in [2.05, 4.69) is 15.3 Å². The van der Waals surface area contributed by atoms with Gasteiger partial charge in [-0.05, 0) is 25.6 Å². The topological polar surface area (TPSA) is 138 Å². The molecule has 2 N–H and O–H groups in total. The van der Waals surface area contributed by atoms with Crippen LogP contribution in [0.25, 0.3) is 11.0 Å². The molecule has 1 atom stereocenters. The molecule has 32 heavy (non-hydrogen) atoms. The van der Waals surface area contributed by atoms with Gasteiger partial charge in [0, 0.05) is 51.2 Å². The predicted molar refractivity (Wildman–Crippen MR) is 123 cm³/mol. The maximum Gasteiger partial charge on any atom is 0.341 e. The van der Waals surface area contributed by atoms with Gasteiger partial charge in [-0.25, -0.2) is 18.2 Å². The second kappa shape index (κ2) is 8.62. The summed E-state index contributed by atoms with van der Waals surface area (Å²) >= 11 is 5.47. The summed E-state index contributed by atoms with van der Waals surface area (Å²) in [4.78, 5) is 36.7. The van der Waals surface area contributed by atoms with Crippen molar-refractivity contribution < 1.29 is 18.3 Å². The Balaban J connectivity index is 1.47. The van der Waals surface area contributed by atoms with Crippen LogP contribution < -0.4 is 15.6 Å². The van der Waals surface area contributed by atoms with Crippen molar-refractivity contribution in [1.29, 1.82) is 0 Å². The Kier molecular flexibility index (Phi) is 6.03. The van der Waals surface area contributed by atoms with Crippen molar-refractivity contribution in [3.05, 3.63) is 28.2 Å². The number of anilines is 1. The van der Waals surface area contributed by atoms with Crippen LogP contribution >= 0.6 is 12.2 Å². The van der Waals surface area contributed by atoms with Crippen molar-refractivity contribution in [2.24, 2.45) is 0 Å². The third-order valence-corrected chi connectivity index (χ3v) is 7.93. The number of nitrogens with one attached hydrogen (secondary N) is 1. The van der Waals surface area contributed by atoms with E-state index in [1.54, 1.807) is 4.57 Å². The number of aromatic nitrogens is 3. The lowest BCUT2D eigenvalue weighted by atomic mass is 10.2. The summed E-state index contributed by atoms with van der Waals surface area (Å²) in [6.45, 7) is 4.73. The van der Waals surface area contributed by atoms with Crippen LogP contribution in [0, 0.1) is 0 Å². The van der Waals surface area contributed by atoms with Gasteiger partial charge in [0.15, 0.2) is 14.9 Å². The summed E-state index contributed by atoms with van der Waals surface area (Å²) < 4.78 is 24.9. The third-order valence-electron chi connectivity index (χ3n) is 5.78. The fourth-order valence-electron chi connectivity index (χ4n) is 3.99. The minimum absolute atomic E-state index is 0.112. The summed E-state index contributed by atoms with van der Waals surface area (Å²) in [5, 5.41) is 13.2. The molecule has 2 aromatic heterocycles. The highest BCUT2D eigenvalue weighted by atomic mass is 32.2. The molecular weight excluding hydrogens is 456 g/mol. The van der Waals surface area contributed by atoms with Crippen molar-refractivity contribution in [2.45, 2.75) is 25.9 Å². The Labute approximate surface area is 190 Å². The van der Waals surface area contributed by atoms with Crippen LogP contribution in [0.5, 0.6) is 0 Å². The van der Waals surface area contributed by atoms with Crippen molar-refractivity contribution in [3.8, 4) is 0 Å². The molecule has 2 fully saturated rings. The van der Waals surface area contributed by atoms with Crippen LogP contribution in [-0.4, -0.2) is 87.8 Å². The second-order valence-corrected chi connectivity index (χ2v) is 10.5.